The van der Waals surface area contributed by atoms with Crippen molar-refractivity contribution < 1.29 is 23.1 Å². The highest BCUT2D eigenvalue weighted by Crippen LogP contribution is 2.27. The molecule has 0 aromatic carbocycles. The number of amides is 1. The van der Waals surface area contributed by atoms with Crippen LogP contribution in [-0.2, 0) is 19.6 Å². The van der Waals surface area contributed by atoms with Gasteiger partial charge in [-0.3, -0.25) is 4.79 Å². The minimum absolute atomic E-state index is 0.0239. The maximum Gasteiger partial charge on any atom is 0.223 e. The summed E-state index contributed by atoms with van der Waals surface area (Å²) < 4.78 is 31.1. The van der Waals surface area contributed by atoms with E-state index in [0.29, 0.717) is 32.2 Å². The van der Waals surface area contributed by atoms with Crippen molar-refractivity contribution in [3.05, 3.63) is 0 Å². The molecule has 1 saturated carbocycles. The van der Waals surface area contributed by atoms with Crippen molar-refractivity contribution in [2.24, 2.45) is 5.92 Å². The molecule has 0 aromatic rings. The zero-order valence-corrected chi connectivity index (χ0v) is 14.6. The van der Waals surface area contributed by atoms with Gasteiger partial charge < -0.3 is 14.7 Å². The Labute approximate surface area is 138 Å². The normalized spacial score (nSPS) is 26.9. The Kier molecular flexibility index (Phi) is 6.82. The minimum Gasteiger partial charge on any atom is -0.396 e. The first kappa shape index (κ1) is 18.6. The van der Waals surface area contributed by atoms with E-state index in [2.05, 4.69) is 0 Å². The van der Waals surface area contributed by atoms with Crippen molar-refractivity contribution in [2.75, 3.05) is 45.7 Å². The lowest BCUT2D eigenvalue weighted by Crippen LogP contribution is -2.44. The standard InChI is InChI=1S/C15H28N2O5S/c1-16(14-4-2-13(12-18)3-5-14)15(19)6-11-23(20,21)17-7-9-22-10-8-17/h13-14,18H,2-12H2,1H3. The van der Waals surface area contributed by atoms with E-state index in [1.54, 1.807) is 11.9 Å². The summed E-state index contributed by atoms with van der Waals surface area (Å²) in [4.78, 5) is 14.0. The van der Waals surface area contributed by atoms with Crippen LogP contribution in [0.4, 0.5) is 0 Å². The molecule has 7 nitrogen and oxygen atoms in total. The molecule has 134 valence electrons. The zero-order valence-electron chi connectivity index (χ0n) is 13.8. The molecule has 0 aromatic heterocycles. The fourth-order valence-corrected chi connectivity index (χ4v) is 4.66. The lowest BCUT2D eigenvalue weighted by molar-refractivity contribution is -0.132. The number of rotatable bonds is 6. The Morgan fingerprint density at radius 3 is 2.39 bits per heavy atom. The molecule has 8 heteroatoms. The van der Waals surface area contributed by atoms with Crippen LogP contribution >= 0.6 is 0 Å². The van der Waals surface area contributed by atoms with Gasteiger partial charge in [-0.2, -0.15) is 4.31 Å². The van der Waals surface area contributed by atoms with Crippen molar-refractivity contribution in [1.82, 2.24) is 9.21 Å². The molecule has 0 radical (unpaired) electrons. The van der Waals surface area contributed by atoms with Gasteiger partial charge >= 0.3 is 0 Å². The molecule has 1 saturated heterocycles. The van der Waals surface area contributed by atoms with Crippen molar-refractivity contribution in [3.63, 3.8) is 0 Å². The number of hydrogen-bond donors (Lipinski definition) is 1. The van der Waals surface area contributed by atoms with Gasteiger partial charge in [0.2, 0.25) is 15.9 Å². The van der Waals surface area contributed by atoms with E-state index in [1.165, 1.54) is 4.31 Å². The summed E-state index contributed by atoms with van der Waals surface area (Å²) in [5.74, 6) is 0.0908. The summed E-state index contributed by atoms with van der Waals surface area (Å²) in [5, 5.41) is 9.16. The summed E-state index contributed by atoms with van der Waals surface area (Å²) in [6.07, 6.45) is 3.62. The maximum absolute atomic E-state index is 12.3. The maximum atomic E-state index is 12.3. The molecule has 1 aliphatic heterocycles. The molecule has 1 aliphatic carbocycles. The number of nitrogens with zero attached hydrogens (tertiary/aromatic N) is 2. The molecule has 1 heterocycles. The van der Waals surface area contributed by atoms with E-state index in [1.807, 2.05) is 0 Å². The smallest absolute Gasteiger partial charge is 0.223 e. The monoisotopic (exact) mass is 348 g/mol. The van der Waals surface area contributed by atoms with Crippen LogP contribution in [0.3, 0.4) is 0 Å². The summed E-state index contributed by atoms with van der Waals surface area (Å²) in [6.45, 7) is 1.79. The third-order valence-corrected chi connectivity index (χ3v) is 6.82. The van der Waals surface area contributed by atoms with E-state index in [0.717, 1.165) is 25.7 Å². The van der Waals surface area contributed by atoms with Crippen LogP contribution in [0.1, 0.15) is 32.1 Å². The first-order valence-corrected chi connectivity index (χ1v) is 9.97. The molecule has 2 fully saturated rings. The highest BCUT2D eigenvalue weighted by atomic mass is 32.2. The number of sulfonamides is 1. The number of hydrogen-bond acceptors (Lipinski definition) is 5. The van der Waals surface area contributed by atoms with Gasteiger partial charge in [-0.15, -0.1) is 0 Å². The van der Waals surface area contributed by atoms with Gasteiger partial charge in [0.15, 0.2) is 0 Å². The fourth-order valence-electron chi connectivity index (χ4n) is 3.26. The van der Waals surface area contributed by atoms with Crippen molar-refractivity contribution in [2.45, 2.75) is 38.1 Å². The van der Waals surface area contributed by atoms with E-state index in [-0.39, 0.29) is 30.7 Å². The largest absolute Gasteiger partial charge is 0.396 e. The van der Waals surface area contributed by atoms with Gasteiger partial charge in [0, 0.05) is 39.2 Å². The molecule has 2 aliphatic rings. The van der Waals surface area contributed by atoms with E-state index in [4.69, 9.17) is 9.84 Å². The second kappa shape index (κ2) is 8.41. The molecule has 2 rings (SSSR count). The summed E-state index contributed by atoms with van der Waals surface area (Å²) >= 11 is 0. The Morgan fingerprint density at radius 1 is 1.22 bits per heavy atom. The summed E-state index contributed by atoms with van der Waals surface area (Å²) in [5.41, 5.74) is 0. The molecular formula is C15H28N2O5S. The first-order chi connectivity index (χ1) is 10.9. The minimum atomic E-state index is -3.38. The number of aliphatic hydroxyl groups excluding tert-OH is 1. The quantitative estimate of drug-likeness (QED) is 0.733. The molecule has 0 spiro atoms. The molecule has 1 amide bonds. The highest BCUT2D eigenvalue weighted by Gasteiger charge is 2.29. The van der Waals surface area contributed by atoms with Crippen LogP contribution in [0.5, 0.6) is 0 Å². The van der Waals surface area contributed by atoms with Gasteiger partial charge in [0.25, 0.3) is 0 Å². The third kappa shape index (κ3) is 5.14. The van der Waals surface area contributed by atoms with Gasteiger partial charge in [-0.25, -0.2) is 8.42 Å². The fraction of sp³-hybridized carbons (Fsp3) is 0.933. The second-order valence-corrected chi connectivity index (χ2v) is 8.53. The first-order valence-electron chi connectivity index (χ1n) is 8.36. The van der Waals surface area contributed by atoms with Crippen molar-refractivity contribution in [1.29, 1.82) is 0 Å². The molecule has 0 unspecified atom stereocenters. The zero-order chi connectivity index (χ0) is 16.9. The number of morpholine rings is 1. The van der Waals surface area contributed by atoms with Gasteiger partial charge in [0.1, 0.15) is 0 Å². The lowest BCUT2D eigenvalue weighted by Gasteiger charge is -2.34. The summed E-state index contributed by atoms with van der Waals surface area (Å²) in [7, 11) is -1.63. The van der Waals surface area contributed by atoms with Crippen LogP contribution in [0.25, 0.3) is 0 Å². The average Bonchev–Trinajstić information content (AvgIpc) is 2.60. The number of aliphatic hydroxyl groups is 1. The van der Waals surface area contributed by atoms with E-state index < -0.39 is 10.0 Å². The van der Waals surface area contributed by atoms with Crippen LogP contribution in [0, 0.1) is 5.92 Å². The molecular weight excluding hydrogens is 320 g/mol. The van der Waals surface area contributed by atoms with Gasteiger partial charge in [-0.1, -0.05) is 0 Å². The predicted molar refractivity (Wildman–Crippen MR) is 86.4 cm³/mol. The Bertz CT molecular complexity index is 482. The number of ether oxygens (including phenoxy) is 1. The number of carbonyl (C=O) groups is 1. The number of carbonyl (C=O) groups excluding carboxylic acids is 1. The Morgan fingerprint density at radius 2 is 1.83 bits per heavy atom. The van der Waals surface area contributed by atoms with Crippen LogP contribution in [0.15, 0.2) is 0 Å². The second-order valence-electron chi connectivity index (χ2n) is 6.44. The van der Waals surface area contributed by atoms with Crippen molar-refractivity contribution >= 4 is 15.9 Å². The van der Waals surface area contributed by atoms with E-state index in [9.17, 15) is 13.2 Å². The van der Waals surface area contributed by atoms with Crippen LogP contribution in [-0.4, -0.2) is 80.4 Å². The van der Waals surface area contributed by atoms with E-state index >= 15 is 0 Å². The predicted octanol–water partition coefficient (Wildman–Crippen LogP) is 0.0480. The highest BCUT2D eigenvalue weighted by molar-refractivity contribution is 7.89. The molecule has 0 atom stereocenters. The SMILES string of the molecule is CN(C(=O)CCS(=O)(=O)N1CCOCC1)C1CCC(CO)CC1. The Balaban J connectivity index is 1.79. The van der Waals surface area contributed by atoms with Crippen LogP contribution < -0.4 is 0 Å². The van der Waals surface area contributed by atoms with Gasteiger partial charge in [-0.05, 0) is 31.6 Å². The summed E-state index contributed by atoms with van der Waals surface area (Å²) in [6, 6.07) is 0.163. The molecule has 1 N–H and O–H groups in total. The third-order valence-electron chi connectivity index (χ3n) is 4.95. The molecule has 23 heavy (non-hydrogen) atoms. The van der Waals surface area contributed by atoms with Crippen molar-refractivity contribution in [3.8, 4) is 0 Å². The topological polar surface area (TPSA) is 87.2 Å². The van der Waals surface area contributed by atoms with Gasteiger partial charge in [0.05, 0.1) is 19.0 Å². The molecule has 0 bridgehead atoms. The average molecular weight is 348 g/mol. The Hall–Kier alpha value is -0.700. The lowest BCUT2D eigenvalue weighted by atomic mass is 9.86. The van der Waals surface area contributed by atoms with Crippen LogP contribution in [0.2, 0.25) is 0 Å².